The summed E-state index contributed by atoms with van der Waals surface area (Å²) >= 11 is 0. The van der Waals surface area contributed by atoms with E-state index in [2.05, 4.69) is 114 Å². The number of nitrogens with one attached hydrogen (secondary N) is 3. The number of hydrogen-bond donors (Lipinski definition) is 3. The van der Waals surface area contributed by atoms with Gasteiger partial charge in [-0.25, -0.2) is 14.8 Å². The number of ether oxygens (including phenoxy) is 4. The number of aromatic amines is 2. The molecule has 8 unspecified atom stereocenters. The molecule has 3 saturated heterocycles. The molecule has 8 rings (SSSR count). The van der Waals surface area contributed by atoms with Crippen LogP contribution in [0.1, 0.15) is 141 Å². The minimum atomic E-state index is -0.852. The van der Waals surface area contributed by atoms with E-state index in [4.69, 9.17) is 28.9 Å². The molecule has 402 valence electrons. The molecule has 0 aliphatic carbocycles. The van der Waals surface area contributed by atoms with Crippen LogP contribution >= 0.6 is 0 Å². The summed E-state index contributed by atoms with van der Waals surface area (Å²) in [7, 11) is 2.75. The van der Waals surface area contributed by atoms with Gasteiger partial charge in [-0.2, -0.15) is 0 Å². The molecule has 17 nitrogen and oxygen atoms in total. The average Bonchev–Trinajstić information content (AvgIpc) is 4.26. The number of likely N-dealkylation sites (tertiary alicyclic amines) is 2. The Kier molecular flexibility index (Phi) is 17.3. The maximum atomic E-state index is 13.9. The summed E-state index contributed by atoms with van der Waals surface area (Å²) < 4.78 is 24.3. The van der Waals surface area contributed by atoms with Crippen LogP contribution in [0.25, 0.3) is 22.5 Å². The quantitative estimate of drug-likeness (QED) is 0.0528. The van der Waals surface area contributed by atoms with Gasteiger partial charge in [0.15, 0.2) is 0 Å². The van der Waals surface area contributed by atoms with Gasteiger partial charge in [0, 0.05) is 54.7 Å². The molecule has 8 atom stereocenters. The maximum absolute atomic E-state index is 13.9. The highest BCUT2D eigenvalue weighted by atomic mass is 16.5. The number of hydrogen-bond acceptors (Lipinski definition) is 11. The van der Waals surface area contributed by atoms with Gasteiger partial charge >= 0.3 is 6.09 Å². The number of methoxy groups -OCH3 is 2. The van der Waals surface area contributed by atoms with E-state index in [1.54, 1.807) is 4.90 Å². The lowest BCUT2D eigenvalue weighted by Gasteiger charge is -2.34. The number of nitroso groups, excluding NO2 is 1. The van der Waals surface area contributed by atoms with Gasteiger partial charge in [-0.05, 0) is 90.8 Å². The number of imidazole rings is 2. The molecule has 75 heavy (non-hydrogen) atoms. The van der Waals surface area contributed by atoms with Gasteiger partial charge in [-0.1, -0.05) is 109 Å². The van der Waals surface area contributed by atoms with Crippen LogP contribution in [-0.2, 0) is 34.0 Å². The fourth-order valence-corrected chi connectivity index (χ4v) is 11.4. The first-order valence-electron chi connectivity index (χ1n) is 26.8. The number of alkyl carbamates (subject to hydrolysis) is 1. The smallest absolute Gasteiger partial charge is 0.407 e. The minimum absolute atomic E-state index is 0.0388. The van der Waals surface area contributed by atoms with E-state index in [1.807, 2.05) is 58.8 Å². The molecule has 5 heterocycles. The molecule has 3 N–H and O–H groups in total. The Hall–Kier alpha value is -6.43. The van der Waals surface area contributed by atoms with Crippen LogP contribution in [0.4, 0.5) is 10.5 Å². The largest absolute Gasteiger partial charge is 0.453 e. The Morgan fingerprint density at radius 3 is 1.60 bits per heavy atom. The number of H-pyrrole nitrogens is 2. The number of carbonyl (C=O) groups excluding carboxylic acids is 3. The topological polar surface area (TPSA) is 187 Å². The highest BCUT2D eigenvalue weighted by molar-refractivity contribution is 5.86. The molecule has 0 bridgehead atoms. The van der Waals surface area contributed by atoms with E-state index >= 15 is 0 Å². The van der Waals surface area contributed by atoms with Crippen LogP contribution < -0.4 is 10.2 Å². The first-order valence-corrected chi connectivity index (χ1v) is 26.8. The third-order valence-corrected chi connectivity index (χ3v) is 15.2. The van der Waals surface area contributed by atoms with E-state index < -0.39 is 18.2 Å². The lowest BCUT2D eigenvalue weighted by atomic mass is 9.87. The van der Waals surface area contributed by atoms with Crippen LogP contribution in [0, 0.1) is 16.7 Å². The molecule has 3 aliphatic rings. The number of aromatic nitrogens is 4. The van der Waals surface area contributed by atoms with Crippen molar-refractivity contribution in [1.29, 1.82) is 0 Å². The Bertz CT molecular complexity index is 2730. The monoisotopic (exact) mass is 1030 g/mol. The van der Waals surface area contributed by atoms with E-state index in [0.717, 1.165) is 69.8 Å². The van der Waals surface area contributed by atoms with Crippen molar-refractivity contribution in [2.45, 2.75) is 142 Å². The van der Waals surface area contributed by atoms with Crippen molar-refractivity contribution >= 4 is 23.6 Å². The maximum Gasteiger partial charge on any atom is 0.407 e. The minimum Gasteiger partial charge on any atom is -0.453 e. The number of carbonyl (C=O) groups is 3. The second-order valence-corrected chi connectivity index (χ2v) is 21.8. The first-order chi connectivity index (χ1) is 36.0. The van der Waals surface area contributed by atoms with Crippen LogP contribution in [0.3, 0.4) is 0 Å². The SMILES string of the molecule is CCOC1C(OCC)C(c2ccc(-c3cnc(C4CCCN4C(=O)C(C(C)C)[N+](=O)COC)[nH]3)cc2)N(c2ccc(C(C)(C)C)cc2)C1c1ccc(-c2cnc(C3CCCN3C(=O)C(NC(=O)OC)C(C)C)[nH]2)cc1. The zero-order valence-electron chi connectivity index (χ0n) is 45.7. The van der Waals surface area contributed by atoms with Crippen LogP contribution in [0.15, 0.2) is 85.2 Å². The van der Waals surface area contributed by atoms with Gasteiger partial charge in [0.1, 0.15) is 29.9 Å². The molecule has 3 aromatic carbocycles. The zero-order chi connectivity index (χ0) is 53.7. The highest BCUT2D eigenvalue weighted by Crippen LogP contribution is 2.50. The van der Waals surface area contributed by atoms with Crippen LogP contribution in [-0.4, -0.2) is 124 Å². The number of amides is 3. The highest BCUT2D eigenvalue weighted by Gasteiger charge is 2.52. The summed E-state index contributed by atoms with van der Waals surface area (Å²) in [6.07, 6.45) is 5.48. The van der Waals surface area contributed by atoms with Crippen LogP contribution in [0.5, 0.6) is 0 Å². The van der Waals surface area contributed by atoms with E-state index in [9.17, 15) is 19.3 Å². The van der Waals surface area contributed by atoms with Crippen molar-refractivity contribution < 1.29 is 38.1 Å². The molecule has 3 amide bonds. The molecule has 2 aromatic heterocycles. The molecule has 17 heteroatoms. The second kappa shape index (κ2) is 23.6. The number of benzene rings is 3. The number of rotatable bonds is 19. The van der Waals surface area contributed by atoms with E-state index in [0.29, 0.717) is 38.0 Å². The normalized spacial score (nSPS) is 21.8. The Labute approximate surface area is 442 Å². The molecular formula is C58H78N9O8+. The second-order valence-electron chi connectivity index (χ2n) is 21.8. The van der Waals surface area contributed by atoms with Crippen molar-refractivity contribution in [2.75, 3.05) is 52.2 Å². The third kappa shape index (κ3) is 11.6. The summed E-state index contributed by atoms with van der Waals surface area (Å²) in [5, 5.41) is 2.73. The van der Waals surface area contributed by atoms with Crippen molar-refractivity contribution in [1.82, 2.24) is 35.1 Å². The van der Waals surface area contributed by atoms with Gasteiger partial charge < -0.3 is 48.9 Å². The van der Waals surface area contributed by atoms with Crippen LogP contribution in [0.2, 0.25) is 0 Å². The van der Waals surface area contributed by atoms with Gasteiger partial charge in [-0.3, -0.25) is 9.59 Å². The zero-order valence-corrected chi connectivity index (χ0v) is 45.7. The third-order valence-electron chi connectivity index (χ3n) is 15.2. The predicted molar refractivity (Wildman–Crippen MR) is 288 cm³/mol. The average molecular weight is 1030 g/mol. The fourth-order valence-electron chi connectivity index (χ4n) is 11.4. The molecule has 5 aromatic rings. The number of nitrogens with zero attached hydrogens (tertiary/aromatic N) is 6. The summed E-state index contributed by atoms with van der Waals surface area (Å²) in [6, 6.07) is 23.4. The Morgan fingerprint density at radius 1 is 0.707 bits per heavy atom. The van der Waals surface area contributed by atoms with E-state index in [-0.39, 0.29) is 72.2 Å². The lowest BCUT2D eigenvalue weighted by molar-refractivity contribution is -0.613. The van der Waals surface area contributed by atoms with Gasteiger partial charge in [0.25, 0.3) is 18.7 Å². The predicted octanol–water partition coefficient (Wildman–Crippen LogP) is 9.99. The van der Waals surface area contributed by atoms with Crippen molar-refractivity contribution in [3.05, 3.63) is 118 Å². The summed E-state index contributed by atoms with van der Waals surface area (Å²) in [4.78, 5) is 75.7. The van der Waals surface area contributed by atoms with E-state index in [1.165, 1.54) is 19.8 Å². The van der Waals surface area contributed by atoms with Gasteiger partial charge in [0.2, 0.25) is 5.91 Å². The number of anilines is 1. The molecule has 0 spiro atoms. The molecular weight excluding hydrogens is 951 g/mol. The summed E-state index contributed by atoms with van der Waals surface area (Å²) in [6.45, 7) is 20.3. The lowest BCUT2D eigenvalue weighted by Crippen LogP contribution is -2.51. The summed E-state index contributed by atoms with van der Waals surface area (Å²) in [5.74, 6) is 0.718. The first kappa shape index (κ1) is 54.8. The Balaban J connectivity index is 1.09. The van der Waals surface area contributed by atoms with Crippen molar-refractivity contribution in [2.24, 2.45) is 11.8 Å². The van der Waals surface area contributed by atoms with Gasteiger partial charge in [-0.15, -0.1) is 0 Å². The standard InChI is InChI=1S/C58H77N9O8/c1-12-74-51-49(39-22-18-37(19-23-39)43-32-59-53(61-43)45-16-14-30-64(45)55(68)47(35(3)4)63-57(70)73-11)67(42-28-26-41(27-29-42)58(7,8)9)50(52(51)75-13-2)40-24-20-38(21-25-40)44-33-60-54(62-44)46-17-15-31-65(46)56(69)48(36(5)6)66(71)34-72-10/h18-29,32-33,35-36,45-52H,12-17,30-31,34H2,1-11H3,(H2-,59,60,61,62,63,70)/p+1. The molecule has 0 saturated carbocycles. The van der Waals surface area contributed by atoms with Crippen molar-refractivity contribution in [3.8, 4) is 22.5 Å². The van der Waals surface area contributed by atoms with Gasteiger partial charge in [0.05, 0.1) is 55.1 Å². The summed E-state index contributed by atoms with van der Waals surface area (Å²) in [5.41, 5.74) is 7.94. The Morgan fingerprint density at radius 2 is 1.19 bits per heavy atom. The fraction of sp³-hybridized carbons (Fsp3) is 0.534. The molecule has 3 aliphatic heterocycles. The van der Waals surface area contributed by atoms with Crippen molar-refractivity contribution in [3.63, 3.8) is 0 Å². The molecule has 0 radical (unpaired) electrons. The molecule has 3 fully saturated rings.